The van der Waals surface area contributed by atoms with Crippen molar-refractivity contribution in [2.24, 2.45) is 17.1 Å². The van der Waals surface area contributed by atoms with E-state index >= 15 is 0 Å². The number of hydrogen-bond acceptors (Lipinski definition) is 8. The van der Waals surface area contributed by atoms with Gasteiger partial charge in [0.15, 0.2) is 11.6 Å². The third kappa shape index (κ3) is 10.9. The van der Waals surface area contributed by atoms with Crippen LogP contribution in [0.25, 0.3) is 0 Å². The van der Waals surface area contributed by atoms with Gasteiger partial charge in [-0.2, -0.15) is 0 Å². The first kappa shape index (κ1) is 43.0. The average Bonchev–Trinajstić information content (AvgIpc) is 3.95. The first-order valence-corrected chi connectivity index (χ1v) is 20.8. The van der Waals surface area contributed by atoms with Crippen molar-refractivity contribution in [1.82, 2.24) is 9.80 Å². The fourth-order valence-corrected chi connectivity index (χ4v) is 8.41. The molecule has 4 aromatic carbocycles. The van der Waals surface area contributed by atoms with Crippen LogP contribution in [0.4, 0.5) is 5.69 Å². The number of likely N-dealkylation sites (tertiary alicyclic amines) is 2. The number of benzene rings is 4. The lowest BCUT2D eigenvalue weighted by Gasteiger charge is -2.34. The minimum Gasteiger partial charge on any atom is -0.469 e. The van der Waals surface area contributed by atoms with Crippen LogP contribution < -0.4 is 10.6 Å². The first-order valence-electron chi connectivity index (χ1n) is 20.8. The van der Waals surface area contributed by atoms with Crippen molar-refractivity contribution in [1.29, 1.82) is 0 Å². The third-order valence-corrected chi connectivity index (χ3v) is 11.9. The molecule has 6 rings (SSSR count). The number of nitrogens with zero attached hydrogens (tertiary/aromatic N) is 3. The van der Waals surface area contributed by atoms with E-state index in [4.69, 9.17) is 10.5 Å². The lowest BCUT2D eigenvalue weighted by atomic mass is 9.77. The van der Waals surface area contributed by atoms with E-state index in [-0.39, 0.29) is 42.6 Å². The highest BCUT2D eigenvalue weighted by Crippen LogP contribution is 2.34. The minimum absolute atomic E-state index is 0.00620. The van der Waals surface area contributed by atoms with Crippen LogP contribution in [-0.2, 0) is 54.6 Å². The number of amides is 2. The molecule has 0 bridgehead atoms. The van der Waals surface area contributed by atoms with Gasteiger partial charge in [0.2, 0.25) is 11.8 Å². The van der Waals surface area contributed by atoms with Crippen molar-refractivity contribution in [3.8, 4) is 0 Å². The molecule has 2 saturated heterocycles. The van der Waals surface area contributed by atoms with Crippen LogP contribution in [0, 0.1) is 11.3 Å². The van der Waals surface area contributed by atoms with Crippen molar-refractivity contribution in [2.75, 3.05) is 25.1 Å². The van der Waals surface area contributed by atoms with E-state index in [0.29, 0.717) is 39.0 Å². The SMILES string of the molecule is COC(=O)C[C@H](C(=O)N1CCC[C@H]1C(=O)Cc1ccc(CN(Cc2ccc(CC(=O)[C@@H]3CCCN3C(=O)[C@H](N)c3ccccc3)cc2)c2ccccc2)cc1)C(C)(C)C. The van der Waals surface area contributed by atoms with E-state index in [1.54, 1.807) is 9.80 Å². The van der Waals surface area contributed by atoms with E-state index in [1.807, 2.05) is 93.6 Å². The van der Waals surface area contributed by atoms with Gasteiger partial charge in [0.1, 0.15) is 6.04 Å². The number of ether oxygens (including phenoxy) is 1. The summed E-state index contributed by atoms with van der Waals surface area (Å²) in [5, 5.41) is 0. The summed E-state index contributed by atoms with van der Waals surface area (Å²) in [6.45, 7) is 8.12. The van der Waals surface area contributed by atoms with Gasteiger partial charge in [0.05, 0.1) is 31.5 Å². The van der Waals surface area contributed by atoms with Crippen molar-refractivity contribution >= 4 is 35.0 Å². The zero-order valence-electron chi connectivity index (χ0n) is 34.8. The molecular weight excluding hydrogens is 741 g/mol. The minimum atomic E-state index is -0.793. The van der Waals surface area contributed by atoms with Gasteiger partial charge in [0.25, 0.3) is 0 Å². The fraction of sp³-hybridized carbons (Fsp3) is 0.408. The smallest absolute Gasteiger partial charge is 0.306 e. The Morgan fingerprint density at radius 2 is 1.10 bits per heavy atom. The first-order chi connectivity index (χ1) is 28.3. The highest BCUT2D eigenvalue weighted by molar-refractivity contribution is 5.94. The molecule has 310 valence electrons. The Morgan fingerprint density at radius 1 is 0.661 bits per heavy atom. The third-order valence-electron chi connectivity index (χ3n) is 11.9. The molecule has 2 heterocycles. The molecular formula is C49H58N4O6. The molecule has 0 aromatic heterocycles. The van der Waals surface area contributed by atoms with Crippen LogP contribution in [0.2, 0.25) is 0 Å². The predicted molar refractivity (Wildman–Crippen MR) is 229 cm³/mol. The Kier molecular flexibility index (Phi) is 14.2. The van der Waals surface area contributed by atoms with Gasteiger partial charge >= 0.3 is 5.97 Å². The van der Waals surface area contributed by atoms with Gasteiger partial charge in [-0.1, -0.05) is 118 Å². The summed E-state index contributed by atoms with van der Waals surface area (Å²) < 4.78 is 4.88. The van der Waals surface area contributed by atoms with Crippen LogP contribution >= 0.6 is 0 Å². The highest BCUT2D eigenvalue weighted by Gasteiger charge is 2.42. The Hall–Kier alpha value is -5.61. The molecule has 4 atom stereocenters. The Bertz CT molecular complexity index is 2060. The summed E-state index contributed by atoms with van der Waals surface area (Å²) in [4.78, 5) is 72.1. The molecule has 2 amide bonds. The average molecular weight is 799 g/mol. The second-order valence-corrected chi connectivity index (χ2v) is 17.1. The maximum Gasteiger partial charge on any atom is 0.306 e. The summed E-state index contributed by atoms with van der Waals surface area (Å²) in [5.41, 5.74) is 11.6. The van der Waals surface area contributed by atoms with Gasteiger partial charge in [-0.05, 0) is 71.0 Å². The number of hydrogen-bond donors (Lipinski definition) is 1. The van der Waals surface area contributed by atoms with Crippen LogP contribution in [0.5, 0.6) is 0 Å². The number of anilines is 1. The maximum atomic E-state index is 13.7. The van der Waals surface area contributed by atoms with E-state index < -0.39 is 35.4 Å². The van der Waals surface area contributed by atoms with Gasteiger partial charge in [-0.25, -0.2) is 0 Å². The molecule has 0 aliphatic carbocycles. The number of para-hydroxylation sites is 1. The Balaban J connectivity index is 1.07. The number of esters is 1. The molecule has 4 aromatic rings. The Morgan fingerprint density at radius 3 is 1.56 bits per heavy atom. The number of nitrogens with two attached hydrogens (primary N) is 1. The maximum absolute atomic E-state index is 13.7. The number of ketones is 2. The molecule has 0 unspecified atom stereocenters. The van der Waals surface area contributed by atoms with E-state index in [9.17, 15) is 24.0 Å². The van der Waals surface area contributed by atoms with Gasteiger partial charge < -0.3 is 25.2 Å². The normalized spacial score (nSPS) is 17.6. The highest BCUT2D eigenvalue weighted by atomic mass is 16.5. The van der Waals surface area contributed by atoms with Crippen LogP contribution in [-0.4, -0.2) is 71.4 Å². The number of methoxy groups -OCH3 is 1. The summed E-state index contributed by atoms with van der Waals surface area (Å²) in [6.07, 6.45) is 3.24. The molecule has 0 saturated carbocycles. The lowest BCUT2D eigenvalue weighted by Crippen LogP contribution is -2.47. The van der Waals surface area contributed by atoms with Crippen molar-refractivity contribution in [3.63, 3.8) is 0 Å². The summed E-state index contributed by atoms with van der Waals surface area (Å²) >= 11 is 0. The standard InChI is InChI=1S/C49H58N4O6/c1-49(2,3)40(31-45(56)59-4)47(57)52-27-11-17-41(52)43(54)29-34-19-23-36(24-20-34)32-51(39-15-9-6-10-16-39)33-37-25-21-35(22-26-37)30-44(55)42-18-12-28-53(42)48(58)46(50)38-13-7-5-8-14-38/h5-10,13-16,19-26,40-42,46H,11-12,17-18,27-33,50H2,1-4H3/t40-,41+,42+,46-/m1/s1. The monoisotopic (exact) mass is 798 g/mol. The van der Waals surface area contributed by atoms with Crippen molar-refractivity contribution < 1.29 is 28.7 Å². The summed E-state index contributed by atoms with van der Waals surface area (Å²) in [7, 11) is 1.33. The predicted octanol–water partition coefficient (Wildman–Crippen LogP) is 7.02. The van der Waals surface area contributed by atoms with Crippen LogP contribution in [0.3, 0.4) is 0 Å². The molecule has 10 nitrogen and oxygen atoms in total. The molecule has 2 aliphatic heterocycles. The van der Waals surface area contributed by atoms with Crippen molar-refractivity contribution in [3.05, 3.63) is 137 Å². The molecule has 2 fully saturated rings. The number of rotatable bonds is 16. The van der Waals surface area contributed by atoms with Gasteiger partial charge in [-0.15, -0.1) is 0 Å². The zero-order chi connectivity index (χ0) is 42.1. The molecule has 10 heteroatoms. The van der Waals surface area contributed by atoms with Crippen LogP contribution in [0.15, 0.2) is 109 Å². The molecule has 2 N–H and O–H groups in total. The summed E-state index contributed by atoms with van der Waals surface area (Å²) in [5.74, 6) is -1.34. The summed E-state index contributed by atoms with van der Waals surface area (Å²) in [6, 6.07) is 33.9. The largest absolute Gasteiger partial charge is 0.469 e. The van der Waals surface area contributed by atoms with E-state index in [1.165, 1.54) is 7.11 Å². The number of Topliss-reactive ketones (excluding diaryl/α,β-unsaturated/α-hetero) is 2. The molecule has 2 aliphatic rings. The zero-order valence-corrected chi connectivity index (χ0v) is 34.8. The fourth-order valence-electron chi connectivity index (χ4n) is 8.41. The molecule has 0 radical (unpaired) electrons. The quantitative estimate of drug-likeness (QED) is 0.120. The number of carbonyl (C=O) groups is 5. The number of carbonyl (C=O) groups excluding carboxylic acids is 5. The van der Waals surface area contributed by atoms with Crippen molar-refractivity contribution in [2.45, 2.75) is 96.9 Å². The molecule has 59 heavy (non-hydrogen) atoms. The van der Waals surface area contributed by atoms with Gasteiger partial charge in [-0.3, -0.25) is 24.0 Å². The lowest BCUT2D eigenvalue weighted by molar-refractivity contribution is -0.151. The topological polar surface area (TPSA) is 130 Å². The van der Waals surface area contributed by atoms with Gasteiger partial charge in [0, 0.05) is 44.7 Å². The second-order valence-electron chi connectivity index (χ2n) is 17.1. The van der Waals surface area contributed by atoms with E-state index in [0.717, 1.165) is 46.3 Å². The van der Waals surface area contributed by atoms with Crippen LogP contribution in [0.1, 0.15) is 86.7 Å². The van der Waals surface area contributed by atoms with E-state index in [2.05, 4.69) is 41.3 Å². The Labute approximate surface area is 348 Å². The second kappa shape index (κ2) is 19.4. The molecule has 0 spiro atoms.